The summed E-state index contributed by atoms with van der Waals surface area (Å²) in [4.78, 5) is 38.5. The van der Waals surface area contributed by atoms with Crippen molar-refractivity contribution in [3.8, 4) is 0 Å². The topological polar surface area (TPSA) is 192 Å². The average Bonchev–Trinajstić information content (AvgIpc) is 2.69. The van der Waals surface area contributed by atoms with Crippen molar-refractivity contribution < 1.29 is 30.2 Å². The fraction of sp³-hybridized carbons (Fsp3) is 0.300. The lowest BCUT2D eigenvalue weighted by Gasteiger charge is -2.19. The van der Waals surface area contributed by atoms with Crippen LogP contribution >= 0.6 is 0 Å². The first-order chi connectivity index (χ1) is 14.3. The second-order valence-electron chi connectivity index (χ2n) is 6.91. The molecule has 2 atom stereocenters. The Kier molecular flexibility index (Phi) is 8.12. The zero-order chi connectivity index (χ0) is 22.1. The molecule has 2 rings (SSSR count). The molecule has 2 aromatic rings. The summed E-state index contributed by atoms with van der Waals surface area (Å²) < 4.78 is 0. The van der Waals surface area contributed by atoms with E-state index in [0.29, 0.717) is 18.7 Å². The number of amides is 2. The highest BCUT2D eigenvalue weighted by Gasteiger charge is 2.25. The van der Waals surface area contributed by atoms with Gasteiger partial charge < -0.3 is 26.3 Å². The van der Waals surface area contributed by atoms with Crippen LogP contribution in [0.5, 0.6) is 0 Å². The first-order valence-corrected chi connectivity index (χ1v) is 9.51. The molecule has 0 radical (unpaired) electrons. The smallest absolute Gasteiger partial charge is 0.338 e. The Morgan fingerprint density at radius 2 is 1.77 bits per heavy atom. The van der Waals surface area contributed by atoms with Crippen molar-refractivity contribution >= 4 is 40.2 Å². The SMILES string of the molecule is NC(N)=[NH+]CCC[C@H](NC(=O)[C@@H]([NH3+])CC(=O)[O-])C(=O)Nc1ccc2ccccc2c1. The van der Waals surface area contributed by atoms with Crippen LogP contribution in [0.4, 0.5) is 5.69 Å². The molecule has 0 saturated carbocycles. The van der Waals surface area contributed by atoms with E-state index < -0.39 is 36.3 Å². The minimum absolute atomic E-state index is 0.0583. The first-order valence-electron chi connectivity index (χ1n) is 9.51. The molecule has 2 aromatic carbocycles. The number of rotatable bonds is 10. The molecule has 0 aliphatic rings. The molecule has 10 nitrogen and oxygen atoms in total. The number of guanidine groups is 1. The van der Waals surface area contributed by atoms with Gasteiger partial charge in [0.15, 0.2) is 6.04 Å². The van der Waals surface area contributed by atoms with Gasteiger partial charge >= 0.3 is 5.96 Å². The van der Waals surface area contributed by atoms with Crippen LogP contribution in [0.2, 0.25) is 0 Å². The minimum atomic E-state index is -1.39. The van der Waals surface area contributed by atoms with Gasteiger partial charge in [0.1, 0.15) is 6.04 Å². The van der Waals surface area contributed by atoms with E-state index in [1.807, 2.05) is 36.4 Å². The molecule has 10 heteroatoms. The van der Waals surface area contributed by atoms with Gasteiger partial charge in [-0.1, -0.05) is 30.3 Å². The Morgan fingerprint density at radius 3 is 2.43 bits per heavy atom. The van der Waals surface area contributed by atoms with Crippen molar-refractivity contribution in [3.05, 3.63) is 42.5 Å². The lowest BCUT2D eigenvalue weighted by molar-refractivity contribution is -0.459. The van der Waals surface area contributed by atoms with Crippen LogP contribution in [0.25, 0.3) is 10.8 Å². The maximum atomic E-state index is 12.8. The van der Waals surface area contributed by atoms with Crippen molar-refractivity contribution in [2.24, 2.45) is 11.5 Å². The summed E-state index contributed by atoms with van der Waals surface area (Å²) in [6, 6.07) is 11.2. The number of benzene rings is 2. The molecule has 30 heavy (non-hydrogen) atoms. The van der Waals surface area contributed by atoms with Gasteiger partial charge in [-0.2, -0.15) is 0 Å². The molecule has 2 amide bonds. The summed E-state index contributed by atoms with van der Waals surface area (Å²) in [6.07, 6.45) is 0.227. The molecule has 0 heterocycles. The highest BCUT2D eigenvalue weighted by molar-refractivity contribution is 5.99. The van der Waals surface area contributed by atoms with Gasteiger partial charge in [-0.25, -0.2) is 0 Å². The molecule has 0 aliphatic carbocycles. The second-order valence-corrected chi connectivity index (χ2v) is 6.91. The van der Waals surface area contributed by atoms with E-state index in [2.05, 4.69) is 21.4 Å². The number of fused-ring (bicyclic) bond motifs is 1. The highest BCUT2D eigenvalue weighted by Crippen LogP contribution is 2.19. The Bertz CT molecular complexity index is 942. The molecule has 0 aromatic heterocycles. The Hall–Kier alpha value is -3.66. The summed E-state index contributed by atoms with van der Waals surface area (Å²) in [7, 11) is 0. The van der Waals surface area contributed by atoms with E-state index in [1.54, 1.807) is 6.07 Å². The maximum absolute atomic E-state index is 12.8. The Labute approximate surface area is 173 Å². The number of aliphatic carboxylic acids is 1. The average molecular weight is 415 g/mol. The molecular weight excluding hydrogens is 388 g/mol. The number of hydrogen-bond acceptors (Lipinski definition) is 4. The number of hydrogen-bond donors (Lipinski definition) is 6. The van der Waals surface area contributed by atoms with E-state index >= 15 is 0 Å². The molecule has 0 unspecified atom stereocenters. The predicted molar refractivity (Wildman–Crippen MR) is 109 cm³/mol. The first kappa shape index (κ1) is 22.6. The fourth-order valence-electron chi connectivity index (χ4n) is 2.89. The van der Waals surface area contributed by atoms with Gasteiger partial charge in [-0.05, 0) is 35.7 Å². The Morgan fingerprint density at radius 1 is 1.07 bits per heavy atom. The van der Waals surface area contributed by atoms with Gasteiger partial charge in [0, 0.05) is 18.1 Å². The van der Waals surface area contributed by atoms with Crippen LogP contribution in [-0.2, 0) is 14.4 Å². The van der Waals surface area contributed by atoms with Crippen LogP contribution in [0.3, 0.4) is 0 Å². The summed E-state index contributed by atoms with van der Waals surface area (Å²) in [5.74, 6) is -2.40. The maximum Gasteiger partial charge on any atom is 0.338 e. The second kappa shape index (κ2) is 10.8. The van der Waals surface area contributed by atoms with E-state index in [9.17, 15) is 19.5 Å². The number of carbonyl (C=O) groups is 3. The summed E-state index contributed by atoms with van der Waals surface area (Å²) in [5.41, 5.74) is 14.8. The van der Waals surface area contributed by atoms with Crippen LogP contribution in [0, 0.1) is 0 Å². The van der Waals surface area contributed by atoms with Gasteiger partial charge in [0.25, 0.3) is 5.91 Å². The molecule has 0 bridgehead atoms. The molecule has 160 valence electrons. The lowest BCUT2D eigenvalue weighted by Crippen LogP contribution is -2.78. The van der Waals surface area contributed by atoms with Crippen molar-refractivity contribution in [1.29, 1.82) is 0 Å². The number of nitrogens with two attached hydrogens (primary N) is 2. The van der Waals surface area contributed by atoms with Crippen LogP contribution in [-0.4, -0.2) is 42.4 Å². The number of carboxylic acid groups (broad SMARTS) is 1. The third-order valence-corrected chi connectivity index (χ3v) is 4.43. The minimum Gasteiger partial charge on any atom is -0.550 e. The molecule has 0 aliphatic heterocycles. The molecule has 10 N–H and O–H groups in total. The third kappa shape index (κ3) is 7.06. The molecular formula is C20H27N6O4+. The van der Waals surface area contributed by atoms with Gasteiger partial charge in [-0.3, -0.25) is 26.0 Å². The van der Waals surface area contributed by atoms with Crippen LogP contribution in [0.1, 0.15) is 19.3 Å². The van der Waals surface area contributed by atoms with Crippen molar-refractivity contribution in [2.75, 3.05) is 11.9 Å². The van der Waals surface area contributed by atoms with Gasteiger partial charge in [0.05, 0.1) is 6.54 Å². The van der Waals surface area contributed by atoms with E-state index in [4.69, 9.17) is 11.5 Å². The third-order valence-electron chi connectivity index (χ3n) is 4.43. The summed E-state index contributed by atoms with van der Waals surface area (Å²) in [5, 5.41) is 18.1. The van der Waals surface area contributed by atoms with Gasteiger partial charge in [-0.15, -0.1) is 0 Å². The number of anilines is 1. The Balaban J connectivity index is 2.09. The molecule has 0 saturated heterocycles. The van der Waals surface area contributed by atoms with Crippen molar-refractivity contribution in [1.82, 2.24) is 5.32 Å². The zero-order valence-corrected chi connectivity index (χ0v) is 16.5. The van der Waals surface area contributed by atoms with E-state index in [0.717, 1.165) is 10.8 Å². The quantitative estimate of drug-likeness (QED) is 0.131. The number of carbonyl (C=O) groups excluding carboxylic acids is 3. The van der Waals surface area contributed by atoms with Crippen molar-refractivity contribution in [2.45, 2.75) is 31.3 Å². The standard InChI is InChI=1S/C20H26N6O4/c21-15(11-17(27)28)18(29)26-16(6-3-9-24-20(22)23)19(30)25-14-8-7-12-4-1-2-5-13(12)10-14/h1-2,4-5,7-8,10,15-16H,3,6,9,11,21H2,(H,25,30)(H,26,29)(H,27,28)(H4,22,23,24)/p+1/t15-,16-/m0/s1. The summed E-state index contributed by atoms with van der Waals surface area (Å²) >= 11 is 0. The van der Waals surface area contributed by atoms with E-state index in [1.165, 1.54) is 0 Å². The number of quaternary nitrogens is 1. The number of nitrogens with one attached hydrogen (secondary N) is 3. The van der Waals surface area contributed by atoms with Crippen LogP contribution < -0.4 is 37.9 Å². The molecule has 0 spiro atoms. The lowest BCUT2D eigenvalue weighted by atomic mass is 10.1. The number of carboxylic acids is 1. The summed E-state index contributed by atoms with van der Waals surface area (Å²) in [6.45, 7) is 0.408. The van der Waals surface area contributed by atoms with Crippen molar-refractivity contribution in [3.63, 3.8) is 0 Å². The van der Waals surface area contributed by atoms with Crippen LogP contribution in [0.15, 0.2) is 42.5 Å². The van der Waals surface area contributed by atoms with Gasteiger partial charge in [0.2, 0.25) is 5.91 Å². The fourth-order valence-corrected chi connectivity index (χ4v) is 2.89. The monoisotopic (exact) mass is 415 g/mol. The zero-order valence-electron chi connectivity index (χ0n) is 16.5. The largest absolute Gasteiger partial charge is 0.550 e. The highest BCUT2D eigenvalue weighted by atomic mass is 16.4. The molecule has 0 fully saturated rings. The normalized spacial score (nSPS) is 12.6. The van der Waals surface area contributed by atoms with E-state index in [-0.39, 0.29) is 12.4 Å². The predicted octanol–water partition coefficient (Wildman–Crippen LogP) is -3.85.